The Morgan fingerprint density at radius 3 is 2.33 bits per heavy atom. The standard InChI is InChI=1S/C32H34N8O3/c1-32(2,38-15-6-16-38)19-22(20-33)30(41)37-17-13-24(14-18-37)40-29-27(28(34)35-21-36-29)39(31(40)42)23-9-11-26(12-10-23)43-25-7-4-3-5-8-25/h3-5,7-12,19,21,24H,6,13-18H2,1-2H3,(H2,34,35,36). The number of para-hydroxylation sites is 1. The van der Waals surface area contributed by atoms with Crippen molar-refractivity contribution in [3.63, 3.8) is 0 Å². The van der Waals surface area contributed by atoms with Gasteiger partial charge >= 0.3 is 5.69 Å². The van der Waals surface area contributed by atoms with Gasteiger partial charge in [0.05, 0.1) is 5.69 Å². The number of nitriles is 1. The summed E-state index contributed by atoms with van der Waals surface area (Å²) >= 11 is 0. The second kappa shape index (κ2) is 11.4. The van der Waals surface area contributed by atoms with Gasteiger partial charge in [0.25, 0.3) is 5.91 Å². The zero-order valence-corrected chi connectivity index (χ0v) is 24.3. The smallest absolute Gasteiger partial charge is 0.335 e. The van der Waals surface area contributed by atoms with Crippen molar-refractivity contribution in [3.8, 4) is 23.3 Å². The first kappa shape index (κ1) is 28.2. The molecule has 0 aliphatic carbocycles. The Kier molecular flexibility index (Phi) is 7.46. The Morgan fingerprint density at radius 1 is 1.02 bits per heavy atom. The molecule has 43 heavy (non-hydrogen) atoms. The van der Waals surface area contributed by atoms with Crippen molar-refractivity contribution in [2.75, 3.05) is 31.9 Å². The summed E-state index contributed by atoms with van der Waals surface area (Å²) in [4.78, 5) is 39.9. The van der Waals surface area contributed by atoms with Crippen LogP contribution in [0.4, 0.5) is 5.82 Å². The van der Waals surface area contributed by atoms with E-state index in [2.05, 4.69) is 20.9 Å². The minimum atomic E-state index is -0.363. The number of nitrogens with zero attached hydrogens (tertiary/aromatic N) is 7. The molecule has 0 atom stereocenters. The second-order valence-corrected chi connectivity index (χ2v) is 11.5. The average molecular weight is 579 g/mol. The van der Waals surface area contributed by atoms with Crippen LogP contribution in [0, 0.1) is 11.3 Å². The van der Waals surface area contributed by atoms with Gasteiger partial charge in [-0.05, 0) is 75.6 Å². The molecule has 11 nitrogen and oxygen atoms in total. The largest absolute Gasteiger partial charge is 0.457 e. The molecule has 2 aromatic carbocycles. The Morgan fingerprint density at radius 2 is 1.70 bits per heavy atom. The van der Waals surface area contributed by atoms with Crippen molar-refractivity contribution < 1.29 is 9.53 Å². The summed E-state index contributed by atoms with van der Waals surface area (Å²) < 4.78 is 9.11. The Balaban J connectivity index is 1.24. The highest BCUT2D eigenvalue weighted by Gasteiger charge is 2.33. The Labute approximate surface area is 249 Å². The van der Waals surface area contributed by atoms with E-state index in [-0.39, 0.29) is 34.6 Å². The molecule has 11 heteroatoms. The summed E-state index contributed by atoms with van der Waals surface area (Å²) in [6.07, 6.45) is 5.34. The van der Waals surface area contributed by atoms with Gasteiger partial charge in [0, 0.05) is 37.8 Å². The first-order valence-corrected chi connectivity index (χ1v) is 14.5. The molecule has 0 saturated carbocycles. The van der Waals surface area contributed by atoms with Gasteiger partial charge in [-0.3, -0.25) is 18.8 Å². The van der Waals surface area contributed by atoms with E-state index in [4.69, 9.17) is 10.5 Å². The zero-order chi connectivity index (χ0) is 30.1. The molecule has 0 spiro atoms. The number of ether oxygens (including phenoxy) is 1. The van der Waals surface area contributed by atoms with E-state index in [9.17, 15) is 14.9 Å². The number of piperidine rings is 1. The molecular weight excluding hydrogens is 544 g/mol. The minimum Gasteiger partial charge on any atom is -0.457 e. The summed E-state index contributed by atoms with van der Waals surface area (Å²) in [5.74, 6) is 1.27. The van der Waals surface area contributed by atoms with Crippen LogP contribution in [0.1, 0.15) is 39.2 Å². The fourth-order valence-electron chi connectivity index (χ4n) is 5.90. The lowest BCUT2D eigenvalue weighted by Gasteiger charge is -2.43. The number of aromatic nitrogens is 4. The number of hydrogen-bond acceptors (Lipinski definition) is 8. The topological polar surface area (TPSA) is 135 Å². The van der Waals surface area contributed by atoms with E-state index in [1.807, 2.05) is 44.2 Å². The summed E-state index contributed by atoms with van der Waals surface area (Å²) in [7, 11) is 0. The third kappa shape index (κ3) is 5.37. The van der Waals surface area contributed by atoms with Gasteiger partial charge < -0.3 is 15.4 Å². The van der Waals surface area contributed by atoms with Gasteiger partial charge in [0.2, 0.25) is 0 Å². The van der Waals surface area contributed by atoms with Crippen molar-refractivity contribution in [1.29, 1.82) is 5.26 Å². The van der Waals surface area contributed by atoms with E-state index in [0.717, 1.165) is 19.5 Å². The molecule has 2 aliphatic rings. The molecule has 4 aromatic rings. The number of nitrogen functional groups attached to an aromatic ring is 1. The van der Waals surface area contributed by atoms with Gasteiger partial charge in [-0.1, -0.05) is 18.2 Å². The number of hydrogen-bond donors (Lipinski definition) is 1. The van der Waals surface area contributed by atoms with E-state index < -0.39 is 0 Å². The van der Waals surface area contributed by atoms with Crippen molar-refractivity contribution in [3.05, 3.63) is 83.1 Å². The van der Waals surface area contributed by atoms with Crippen LogP contribution in [0.25, 0.3) is 16.9 Å². The molecule has 2 saturated heterocycles. The molecule has 0 unspecified atom stereocenters. The third-order valence-electron chi connectivity index (χ3n) is 8.39. The second-order valence-electron chi connectivity index (χ2n) is 11.5. The predicted molar refractivity (Wildman–Crippen MR) is 163 cm³/mol. The Hall–Kier alpha value is -4.95. The maximum Gasteiger partial charge on any atom is 0.335 e. The Bertz CT molecular complexity index is 1770. The summed E-state index contributed by atoms with van der Waals surface area (Å²) in [5, 5.41) is 9.81. The average Bonchev–Trinajstić information content (AvgIpc) is 3.28. The number of anilines is 1. The van der Waals surface area contributed by atoms with Crippen LogP contribution in [-0.2, 0) is 4.79 Å². The molecule has 0 bridgehead atoms. The van der Waals surface area contributed by atoms with Crippen LogP contribution < -0.4 is 16.2 Å². The quantitative estimate of drug-likeness (QED) is 0.256. The maximum absolute atomic E-state index is 14.0. The normalized spacial score (nSPS) is 16.6. The highest BCUT2D eigenvalue weighted by Crippen LogP contribution is 2.30. The molecule has 1 amide bonds. The number of likely N-dealkylation sites (tertiary alicyclic amines) is 2. The van der Waals surface area contributed by atoms with E-state index in [1.54, 1.807) is 39.8 Å². The number of nitrogens with two attached hydrogens (primary N) is 1. The van der Waals surface area contributed by atoms with Crippen molar-refractivity contribution in [2.24, 2.45) is 0 Å². The number of carbonyl (C=O) groups excluding carboxylic acids is 1. The maximum atomic E-state index is 14.0. The molecule has 0 radical (unpaired) electrons. The van der Waals surface area contributed by atoms with E-state index in [1.165, 1.54) is 10.9 Å². The van der Waals surface area contributed by atoms with Crippen molar-refractivity contribution in [2.45, 2.75) is 44.7 Å². The van der Waals surface area contributed by atoms with Crippen LogP contribution in [0.5, 0.6) is 11.5 Å². The molecule has 2 fully saturated rings. The minimum absolute atomic E-state index is 0.157. The number of benzene rings is 2. The van der Waals surface area contributed by atoms with Gasteiger partial charge in [-0.15, -0.1) is 0 Å². The molecule has 220 valence electrons. The van der Waals surface area contributed by atoms with Gasteiger partial charge in [-0.2, -0.15) is 5.26 Å². The molecular formula is C32H34N8O3. The molecule has 4 heterocycles. The molecule has 2 N–H and O–H groups in total. The summed E-state index contributed by atoms with van der Waals surface area (Å²) in [6.45, 7) is 6.81. The van der Waals surface area contributed by atoms with Gasteiger partial charge in [0.1, 0.15) is 35.0 Å². The number of imidazole rings is 1. The first-order valence-electron chi connectivity index (χ1n) is 14.5. The van der Waals surface area contributed by atoms with Crippen LogP contribution in [0.2, 0.25) is 0 Å². The SMILES string of the molecule is CC(C)(C=C(C#N)C(=O)N1CCC(n2c(=O)n(-c3ccc(Oc4ccccc4)cc3)c3c(N)ncnc32)CC1)N1CCC1. The van der Waals surface area contributed by atoms with E-state index >= 15 is 0 Å². The highest BCUT2D eigenvalue weighted by molar-refractivity contribution is 5.97. The fraction of sp³-hybridized carbons (Fsp3) is 0.344. The molecule has 2 aliphatic heterocycles. The first-order chi connectivity index (χ1) is 20.8. The molecule has 6 rings (SSSR count). The monoisotopic (exact) mass is 578 g/mol. The lowest BCUT2D eigenvalue weighted by Crippen LogP contribution is -2.51. The van der Waals surface area contributed by atoms with Crippen LogP contribution in [0.3, 0.4) is 0 Å². The lowest BCUT2D eigenvalue weighted by molar-refractivity contribution is -0.128. The zero-order valence-electron chi connectivity index (χ0n) is 24.3. The van der Waals surface area contributed by atoms with Gasteiger partial charge in [-0.25, -0.2) is 14.8 Å². The number of amides is 1. The van der Waals surface area contributed by atoms with Crippen LogP contribution in [0.15, 0.2) is 77.4 Å². The van der Waals surface area contributed by atoms with Crippen molar-refractivity contribution >= 4 is 22.9 Å². The number of carbonyl (C=O) groups is 1. The number of fused-ring (bicyclic) bond motifs is 1. The summed E-state index contributed by atoms with van der Waals surface area (Å²) in [6, 6.07) is 18.6. The van der Waals surface area contributed by atoms with E-state index in [0.29, 0.717) is 54.3 Å². The predicted octanol–water partition coefficient (Wildman–Crippen LogP) is 4.05. The third-order valence-corrected chi connectivity index (χ3v) is 8.39. The van der Waals surface area contributed by atoms with Gasteiger partial charge in [0.15, 0.2) is 11.5 Å². The lowest BCUT2D eigenvalue weighted by atomic mass is 9.94. The molecule has 2 aromatic heterocycles. The summed E-state index contributed by atoms with van der Waals surface area (Å²) in [5.41, 5.74) is 7.30. The van der Waals surface area contributed by atoms with Crippen molar-refractivity contribution in [1.82, 2.24) is 28.9 Å². The van der Waals surface area contributed by atoms with Crippen LogP contribution in [-0.4, -0.2) is 66.5 Å². The fourth-order valence-corrected chi connectivity index (χ4v) is 5.90. The number of rotatable bonds is 7. The highest BCUT2D eigenvalue weighted by atomic mass is 16.5. The van der Waals surface area contributed by atoms with Crippen LogP contribution >= 0.6 is 0 Å².